The Balaban J connectivity index is 1.74. The zero-order chi connectivity index (χ0) is 11.7. The normalized spacial score (nSPS) is 17.8. The summed E-state index contributed by atoms with van der Waals surface area (Å²) in [4.78, 5) is 4.08. The number of aromatic nitrogens is 2. The van der Waals surface area contributed by atoms with Gasteiger partial charge < -0.3 is 14.4 Å². The molecule has 0 bridgehead atoms. The molecule has 1 unspecified atom stereocenters. The van der Waals surface area contributed by atoms with Gasteiger partial charge in [0.2, 0.25) is 0 Å². The lowest BCUT2D eigenvalue weighted by Gasteiger charge is -2.12. The SMILES string of the molecule is OCc1nccn1CC1Cc2ccccc2O1. The summed E-state index contributed by atoms with van der Waals surface area (Å²) in [6.07, 6.45) is 4.62. The summed E-state index contributed by atoms with van der Waals surface area (Å²) < 4.78 is 7.79. The van der Waals surface area contributed by atoms with Crippen molar-refractivity contribution in [2.45, 2.75) is 25.7 Å². The van der Waals surface area contributed by atoms with Gasteiger partial charge in [-0.1, -0.05) is 18.2 Å². The van der Waals surface area contributed by atoms with Crippen LogP contribution in [-0.2, 0) is 19.6 Å². The number of fused-ring (bicyclic) bond motifs is 1. The van der Waals surface area contributed by atoms with Crippen LogP contribution in [0, 0.1) is 0 Å². The van der Waals surface area contributed by atoms with Crippen LogP contribution in [0.3, 0.4) is 0 Å². The molecule has 0 spiro atoms. The van der Waals surface area contributed by atoms with E-state index >= 15 is 0 Å². The first-order valence-electron chi connectivity index (χ1n) is 5.72. The van der Waals surface area contributed by atoms with Crippen LogP contribution in [-0.4, -0.2) is 20.8 Å². The van der Waals surface area contributed by atoms with Crippen molar-refractivity contribution in [2.24, 2.45) is 0 Å². The molecule has 4 nitrogen and oxygen atoms in total. The molecule has 1 atom stereocenters. The van der Waals surface area contributed by atoms with E-state index in [1.807, 2.05) is 29.0 Å². The van der Waals surface area contributed by atoms with Gasteiger partial charge in [-0.3, -0.25) is 0 Å². The van der Waals surface area contributed by atoms with Gasteiger partial charge in [0.05, 0.1) is 6.54 Å². The Hall–Kier alpha value is -1.81. The molecule has 0 fully saturated rings. The van der Waals surface area contributed by atoms with Gasteiger partial charge in [0.25, 0.3) is 0 Å². The fourth-order valence-electron chi connectivity index (χ4n) is 2.23. The molecule has 0 saturated carbocycles. The minimum absolute atomic E-state index is 0.0351. The molecule has 88 valence electrons. The maximum Gasteiger partial charge on any atom is 0.134 e. The van der Waals surface area contributed by atoms with E-state index in [1.165, 1.54) is 5.56 Å². The van der Waals surface area contributed by atoms with Gasteiger partial charge in [-0.2, -0.15) is 0 Å². The zero-order valence-corrected chi connectivity index (χ0v) is 9.41. The molecule has 0 amide bonds. The molecule has 2 heterocycles. The molecular weight excluding hydrogens is 216 g/mol. The molecule has 0 aliphatic carbocycles. The van der Waals surface area contributed by atoms with Gasteiger partial charge in [-0.25, -0.2) is 4.98 Å². The second-order valence-corrected chi connectivity index (χ2v) is 4.21. The van der Waals surface area contributed by atoms with Crippen molar-refractivity contribution in [3.63, 3.8) is 0 Å². The number of hydrogen-bond donors (Lipinski definition) is 1. The highest BCUT2D eigenvalue weighted by Crippen LogP contribution is 2.28. The predicted octanol–water partition coefficient (Wildman–Crippen LogP) is 1.38. The maximum absolute atomic E-state index is 9.13. The van der Waals surface area contributed by atoms with Gasteiger partial charge in [0.1, 0.15) is 24.3 Å². The molecule has 3 rings (SSSR count). The standard InChI is InChI=1S/C13H14N2O2/c16-9-13-14-5-6-15(13)8-11-7-10-3-1-2-4-12(10)17-11/h1-6,11,16H,7-9H2. The molecule has 0 saturated heterocycles. The highest BCUT2D eigenvalue weighted by molar-refractivity contribution is 5.37. The maximum atomic E-state index is 9.13. The first kappa shape index (κ1) is 10.4. The van der Waals surface area contributed by atoms with Crippen LogP contribution >= 0.6 is 0 Å². The van der Waals surface area contributed by atoms with Gasteiger partial charge >= 0.3 is 0 Å². The molecule has 17 heavy (non-hydrogen) atoms. The lowest BCUT2D eigenvalue weighted by atomic mass is 10.1. The molecular formula is C13H14N2O2. The Morgan fingerprint density at radius 1 is 1.41 bits per heavy atom. The smallest absolute Gasteiger partial charge is 0.134 e. The van der Waals surface area contributed by atoms with Crippen molar-refractivity contribution in [3.8, 4) is 5.75 Å². The van der Waals surface area contributed by atoms with Crippen molar-refractivity contribution in [1.82, 2.24) is 9.55 Å². The van der Waals surface area contributed by atoms with E-state index in [0.717, 1.165) is 18.7 Å². The molecule has 4 heteroatoms. The van der Waals surface area contributed by atoms with Crippen LogP contribution in [0.1, 0.15) is 11.4 Å². The van der Waals surface area contributed by atoms with E-state index in [1.54, 1.807) is 6.20 Å². The van der Waals surface area contributed by atoms with Crippen molar-refractivity contribution < 1.29 is 9.84 Å². The number of benzene rings is 1. The van der Waals surface area contributed by atoms with Crippen LogP contribution < -0.4 is 4.74 Å². The highest BCUT2D eigenvalue weighted by atomic mass is 16.5. The molecule has 1 aromatic carbocycles. The zero-order valence-electron chi connectivity index (χ0n) is 9.41. The summed E-state index contributed by atoms with van der Waals surface area (Å²) in [5, 5.41) is 9.13. The van der Waals surface area contributed by atoms with Gasteiger partial charge in [0, 0.05) is 18.8 Å². The third-order valence-corrected chi connectivity index (χ3v) is 3.06. The Labute approximate surface area is 99.5 Å². The van der Waals surface area contributed by atoms with Crippen LogP contribution in [0.25, 0.3) is 0 Å². The van der Waals surface area contributed by atoms with Crippen molar-refractivity contribution in [2.75, 3.05) is 0 Å². The van der Waals surface area contributed by atoms with Crippen LogP contribution in [0.2, 0.25) is 0 Å². The second-order valence-electron chi connectivity index (χ2n) is 4.21. The summed E-state index contributed by atoms with van der Waals surface area (Å²) in [6, 6.07) is 8.10. The summed E-state index contributed by atoms with van der Waals surface area (Å²) >= 11 is 0. The van der Waals surface area contributed by atoms with Crippen LogP contribution in [0.15, 0.2) is 36.7 Å². The average molecular weight is 230 g/mol. The fourth-order valence-corrected chi connectivity index (χ4v) is 2.23. The Morgan fingerprint density at radius 3 is 3.12 bits per heavy atom. The number of nitrogens with zero attached hydrogens (tertiary/aromatic N) is 2. The Kier molecular flexibility index (Phi) is 2.57. The fraction of sp³-hybridized carbons (Fsp3) is 0.308. The molecule has 1 aliphatic heterocycles. The van der Waals surface area contributed by atoms with Crippen molar-refractivity contribution >= 4 is 0 Å². The topological polar surface area (TPSA) is 47.3 Å². The van der Waals surface area contributed by atoms with Crippen LogP contribution in [0.5, 0.6) is 5.75 Å². The summed E-state index contributed by atoms with van der Waals surface area (Å²) in [5.41, 5.74) is 1.25. The highest BCUT2D eigenvalue weighted by Gasteiger charge is 2.23. The Bertz CT molecular complexity index is 497. The predicted molar refractivity (Wildman–Crippen MR) is 62.7 cm³/mol. The number of imidazole rings is 1. The number of aliphatic hydroxyl groups excluding tert-OH is 1. The third kappa shape index (κ3) is 1.91. The summed E-state index contributed by atoms with van der Waals surface area (Å²) in [7, 11) is 0. The largest absolute Gasteiger partial charge is 0.488 e. The van der Waals surface area contributed by atoms with Gasteiger partial charge in [0.15, 0.2) is 0 Å². The minimum atomic E-state index is -0.0351. The van der Waals surface area contributed by atoms with Crippen molar-refractivity contribution in [1.29, 1.82) is 0 Å². The first-order valence-corrected chi connectivity index (χ1v) is 5.72. The minimum Gasteiger partial charge on any atom is -0.488 e. The van der Waals surface area contributed by atoms with E-state index in [9.17, 15) is 0 Å². The number of aliphatic hydroxyl groups is 1. The summed E-state index contributed by atoms with van der Waals surface area (Å²) in [6.45, 7) is 0.692. The number of hydrogen-bond acceptors (Lipinski definition) is 3. The molecule has 1 aliphatic rings. The monoisotopic (exact) mass is 230 g/mol. The molecule has 1 N–H and O–H groups in total. The number of rotatable bonds is 3. The first-order chi connectivity index (χ1) is 8.36. The lowest BCUT2D eigenvalue weighted by Crippen LogP contribution is -2.21. The average Bonchev–Trinajstić information content (AvgIpc) is 2.94. The van der Waals surface area contributed by atoms with E-state index in [4.69, 9.17) is 9.84 Å². The molecule has 1 aromatic heterocycles. The quantitative estimate of drug-likeness (QED) is 0.866. The second kappa shape index (κ2) is 4.22. The van der Waals surface area contributed by atoms with E-state index in [-0.39, 0.29) is 12.7 Å². The van der Waals surface area contributed by atoms with Gasteiger partial charge in [-0.15, -0.1) is 0 Å². The van der Waals surface area contributed by atoms with Crippen molar-refractivity contribution in [3.05, 3.63) is 48.0 Å². The van der Waals surface area contributed by atoms with E-state index in [0.29, 0.717) is 5.82 Å². The number of para-hydroxylation sites is 1. The lowest BCUT2D eigenvalue weighted by molar-refractivity contribution is 0.200. The van der Waals surface area contributed by atoms with E-state index in [2.05, 4.69) is 11.1 Å². The third-order valence-electron chi connectivity index (χ3n) is 3.06. The van der Waals surface area contributed by atoms with Crippen LogP contribution in [0.4, 0.5) is 0 Å². The van der Waals surface area contributed by atoms with Gasteiger partial charge in [-0.05, 0) is 11.6 Å². The molecule has 2 aromatic rings. The summed E-state index contributed by atoms with van der Waals surface area (Å²) in [5.74, 6) is 1.66. The van der Waals surface area contributed by atoms with E-state index < -0.39 is 0 Å². The molecule has 0 radical (unpaired) electrons. The number of ether oxygens (including phenoxy) is 1. The Morgan fingerprint density at radius 2 is 2.29 bits per heavy atom.